The molecular formula is C22H29NO4S. The number of hydrogen-bond donors (Lipinski definition) is 0. The van der Waals surface area contributed by atoms with E-state index in [1.807, 2.05) is 64.1 Å². The molecule has 6 heteroatoms. The molecule has 2 aromatic rings. The van der Waals surface area contributed by atoms with Crippen LogP contribution in [0.4, 0.5) is 0 Å². The largest absolute Gasteiger partial charge is 0.492 e. The third-order valence-corrected chi connectivity index (χ3v) is 6.61. The summed E-state index contributed by atoms with van der Waals surface area (Å²) in [4.78, 5) is 0.341. The van der Waals surface area contributed by atoms with Gasteiger partial charge in [0.05, 0.1) is 10.9 Å². The fraction of sp³-hybridized carbons (Fsp3) is 0.455. The van der Waals surface area contributed by atoms with Crippen LogP contribution in [0.3, 0.4) is 0 Å². The lowest BCUT2D eigenvalue weighted by Gasteiger charge is -2.24. The standard InChI is InChI=1S/C22H29NO4S/c1-17-7-13-21(14-8-17)28(24,25)23-15-5-6-18(23)16-26-19-9-11-20(12-10-19)27-22(2,3)4/h7-14,18H,5-6,15-16H2,1-4H3/t18-/m0/s1. The summed E-state index contributed by atoms with van der Waals surface area (Å²) in [7, 11) is -3.50. The van der Waals surface area contributed by atoms with E-state index in [-0.39, 0.29) is 11.6 Å². The van der Waals surface area contributed by atoms with Crippen LogP contribution < -0.4 is 9.47 Å². The van der Waals surface area contributed by atoms with Crippen molar-refractivity contribution in [3.8, 4) is 11.5 Å². The molecule has 1 aliphatic heterocycles. The first-order valence-electron chi connectivity index (χ1n) is 9.65. The van der Waals surface area contributed by atoms with Gasteiger partial charge in [-0.1, -0.05) is 17.7 Å². The second-order valence-corrected chi connectivity index (χ2v) is 10.1. The Hall–Kier alpha value is -2.05. The fourth-order valence-electron chi connectivity index (χ4n) is 3.29. The van der Waals surface area contributed by atoms with E-state index < -0.39 is 10.0 Å². The molecule has 0 spiro atoms. The lowest BCUT2D eigenvalue weighted by Crippen LogP contribution is -2.39. The molecule has 0 radical (unpaired) electrons. The topological polar surface area (TPSA) is 55.8 Å². The van der Waals surface area contributed by atoms with E-state index in [4.69, 9.17) is 9.47 Å². The maximum absolute atomic E-state index is 13.0. The average molecular weight is 404 g/mol. The normalized spacial score (nSPS) is 18.2. The summed E-state index contributed by atoms with van der Waals surface area (Å²) in [5, 5.41) is 0. The lowest BCUT2D eigenvalue weighted by atomic mass is 10.2. The number of sulfonamides is 1. The molecule has 0 bridgehead atoms. The maximum Gasteiger partial charge on any atom is 0.243 e. The molecule has 0 aromatic heterocycles. The van der Waals surface area contributed by atoms with Crippen molar-refractivity contribution in [1.82, 2.24) is 4.31 Å². The third kappa shape index (κ3) is 5.06. The number of ether oxygens (including phenoxy) is 2. The van der Waals surface area contributed by atoms with Gasteiger partial charge in [0.1, 0.15) is 23.7 Å². The van der Waals surface area contributed by atoms with E-state index in [9.17, 15) is 8.42 Å². The molecule has 2 aromatic carbocycles. The van der Waals surface area contributed by atoms with Crippen molar-refractivity contribution in [2.75, 3.05) is 13.2 Å². The molecule has 0 aliphatic carbocycles. The Bertz CT molecular complexity index is 884. The van der Waals surface area contributed by atoms with Gasteiger partial charge in [-0.25, -0.2) is 8.42 Å². The lowest BCUT2D eigenvalue weighted by molar-refractivity contribution is 0.130. The molecule has 1 aliphatic rings. The average Bonchev–Trinajstić information content (AvgIpc) is 3.10. The van der Waals surface area contributed by atoms with E-state index in [1.54, 1.807) is 16.4 Å². The van der Waals surface area contributed by atoms with Crippen LogP contribution in [0, 0.1) is 6.92 Å². The monoisotopic (exact) mass is 403 g/mol. The summed E-state index contributed by atoms with van der Waals surface area (Å²) < 4.78 is 39.3. The Balaban J connectivity index is 1.65. The minimum atomic E-state index is -3.50. The van der Waals surface area contributed by atoms with Gasteiger partial charge in [0.25, 0.3) is 0 Å². The number of aryl methyl sites for hydroxylation is 1. The minimum absolute atomic E-state index is 0.156. The fourth-order valence-corrected chi connectivity index (χ4v) is 4.97. The van der Waals surface area contributed by atoms with Gasteiger partial charge in [-0.2, -0.15) is 4.31 Å². The Kier molecular flexibility index (Phi) is 6.01. The molecule has 1 fully saturated rings. The van der Waals surface area contributed by atoms with Gasteiger partial charge < -0.3 is 9.47 Å². The summed E-state index contributed by atoms with van der Waals surface area (Å²) in [5.41, 5.74) is 0.788. The first-order valence-corrected chi connectivity index (χ1v) is 11.1. The maximum atomic E-state index is 13.0. The Morgan fingerprint density at radius 1 is 1.00 bits per heavy atom. The zero-order valence-corrected chi connectivity index (χ0v) is 17.8. The second kappa shape index (κ2) is 8.13. The van der Waals surface area contributed by atoms with Gasteiger partial charge in [-0.3, -0.25) is 0 Å². The molecule has 152 valence electrons. The smallest absolute Gasteiger partial charge is 0.243 e. The Labute approximate surface area is 168 Å². The van der Waals surface area contributed by atoms with Crippen molar-refractivity contribution in [2.45, 2.75) is 57.1 Å². The van der Waals surface area contributed by atoms with Crippen LogP contribution >= 0.6 is 0 Å². The zero-order chi connectivity index (χ0) is 20.4. The highest BCUT2D eigenvalue weighted by molar-refractivity contribution is 7.89. The van der Waals surface area contributed by atoms with Gasteiger partial charge in [-0.05, 0) is 76.9 Å². The van der Waals surface area contributed by atoms with Gasteiger partial charge in [-0.15, -0.1) is 0 Å². The molecule has 0 unspecified atom stereocenters. The van der Waals surface area contributed by atoms with Crippen LogP contribution in [-0.2, 0) is 10.0 Å². The first-order chi connectivity index (χ1) is 13.1. The van der Waals surface area contributed by atoms with Crippen LogP contribution in [0.15, 0.2) is 53.4 Å². The summed E-state index contributed by atoms with van der Waals surface area (Å²) in [5.74, 6) is 1.49. The van der Waals surface area contributed by atoms with Gasteiger partial charge in [0, 0.05) is 6.54 Å². The van der Waals surface area contributed by atoms with Crippen LogP contribution in [0.2, 0.25) is 0 Å². The molecule has 28 heavy (non-hydrogen) atoms. The van der Waals surface area contributed by atoms with Gasteiger partial charge in [0.2, 0.25) is 10.0 Å². The van der Waals surface area contributed by atoms with E-state index in [0.717, 1.165) is 24.2 Å². The highest BCUT2D eigenvalue weighted by atomic mass is 32.2. The second-order valence-electron chi connectivity index (χ2n) is 8.22. The van der Waals surface area contributed by atoms with Crippen molar-refractivity contribution >= 4 is 10.0 Å². The predicted octanol–water partition coefficient (Wildman–Crippen LogP) is 4.40. The van der Waals surface area contributed by atoms with Crippen molar-refractivity contribution in [3.63, 3.8) is 0 Å². The zero-order valence-electron chi connectivity index (χ0n) is 17.0. The van der Waals surface area contributed by atoms with E-state index >= 15 is 0 Å². The molecule has 0 saturated carbocycles. The van der Waals surface area contributed by atoms with Crippen LogP contribution in [0.25, 0.3) is 0 Å². The minimum Gasteiger partial charge on any atom is -0.492 e. The summed E-state index contributed by atoms with van der Waals surface area (Å²) in [6.07, 6.45) is 1.65. The molecule has 0 amide bonds. The van der Waals surface area contributed by atoms with Crippen LogP contribution in [0.5, 0.6) is 11.5 Å². The van der Waals surface area contributed by atoms with E-state index in [2.05, 4.69) is 0 Å². The van der Waals surface area contributed by atoms with Crippen LogP contribution in [0.1, 0.15) is 39.2 Å². The van der Waals surface area contributed by atoms with Crippen molar-refractivity contribution in [2.24, 2.45) is 0 Å². The van der Waals surface area contributed by atoms with E-state index in [0.29, 0.717) is 23.8 Å². The Morgan fingerprint density at radius 3 is 2.21 bits per heavy atom. The van der Waals surface area contributed by atoms with Crippen molar-refractivity contribution in [1.29, 1.82) is 0 Å². The Morgan fingerprint density at radius 2 is 1.61 bits per heavy atom. The molecule has 0 N–H and O–H groups in total. The highest BCUT2D eigenvalue weighted by Gasteiger charge is 2.35. The number of hydrogen-bond acceptors (Lipinski definition) is 4. The SMILES string of the molecule is Cc1ccc(S(=O)(=O)N2CCC[C@H]2COc2ccc(OC(C)(C)C)cc2)cc1. The first kappa shape index (κ1) is 20.7. The predicted molar refractivity (Wildman–Crippen MR) is 110 cm³/mol. The quantitative estimate of drug-likeness (QED) is 0.717. The highest BCUT2D eigenvalue weighted by Crippen LogP contribution is 2.28. The third-order valence-electron chi connectivity index (χ3n) is 4.64. The number of benzene rings is 2. The number of rotatable bonds is 6. The summed E-state index contributed by atoms with van der Waals surface area (Å²) >= 11 is 0. The molecule has 1 heterocycles. The molecule has 1 atom stereocenters. The molecule has 3 rings (SSSR count). The van der Waals surface area contributed by atoms with Crippen molar-refractivity contribution < 1.29 is 17.9 Å². The van der Waals surface area contributed by atoms with Crippen molar-refractivity contribution in [3.05, 3.63) is 54.1 Å². The van der Waals surface area contributed by atoms with Gasteiger partial charge >= 0.3 is 0 Å². The summed E-state index contributed by atoms with van der Waals surface area (Å²) in [6, 6.07) is 14.3. The van der Waals surface area contributed by atoms with Gasteiger partial charge in [0.15, 0.2) is 0 Å². The summed E-state index contributed by atoms with van der Waals surface area (Å²) in [6.45, 7) is 8.82. The van der Waals surface area contributed by atoms with Crippen LogP contribution in [-0.4, -0.2) is 37.5 Å². The molecule has 1 saturated heterocycles. The van der Waals surface area contributed by atoms with E-state index in [1.165, 1.54) is 0 Å². The molecular weight excluding hydrogens is 374 g/mol. The molecule has 5 nitrogen and oxygen atoms in total. The number of nitrogens with zero attached hydrogens (tertiary/aromatic N) is 1.